The van der Waals surface area contributed by atoms with Crippen molar-refractivity contribution in [2.45, 2.75) is 32.1 Å². The van der Waals surface area contributed by atoms with Crippen LogP contribution in [0.15, 0.2) is 52.0 Å². The lowest BCUT2D eigenvalue weighted by Gasteiger charge is -2.12. The SMILES string of the molecule is CNS(=O)(=O)c1cc(C(=O)NCCc2coc(-c3ccc(C)cc3)n2)cc(C)c1C. The summed E-state index contributed by atoms with van der Waals surface area (Å²) in [4.78, 5) is 17.1. The van der Waals surface area contributed by atoms with Crippen LogP contribution < -0.4 is 10.0 Å². The van der Waals surface area contributed by atoms with Gasteiger partial charge in [-0.2, -0.15) is 0 Å². The lowest BCUT2D eigenvalue weighted by molar-refractivity contribution is 0.0953. The highest BCUT2D eigenvalue weighted by Gasteiger charge is 2.19. The maximum absolute atomic E-state index is 12.6. The number of carbonyl (C=O) groups excluding carboxylic acids is 1. The lowest BCUT2D eigenvalue weighted by Crippen LogP contribution is -2.27. The van der Waals surface area contributed by atoms with E-state index in [4.69, 9.17) is 4.42 Å². The molecule has 0 saturated heterocycles. The monoisotopic (exact) mass is 427 g/mol. The van der Waals surface area contributed by atoms with Crippen LogP contribution in [0.5, 0.6) is 0 Å². The van der Waals surface area contributed by atoms with Crippen molar-refractivity contribution in [1.82, 2.24) is 15.0 Å². The van der Waals surface area contributed by atoms with Gasteiger partial charge < -0.3 is 9.73 Å². The number of aromatic nitrogens is 1. The van der Waals surface area contributed by atoms with E-state index in [2.05, 4.69) is 15.0 Å². The molecule has 8 heteroatoms. The summed E-state index contributed by atoms with van der Waals surface area (Å²) < 4.78 is 32.3. The third kappa shape index (κ3) is 4.77. The molecule has 30 heavy (non-hydrogen) atoms. The first kappa shape index (κ1) is 21.7. The Bertz CT molecular complexity index is 1170. The van der Waals surface area contributed by atoms with E-state index in [9.17, 15) is 13.2 Å². The minimum Gasteiger partial charge on any atom is -0.444 e. The van der Waals surface area contributed by atoms with Gasteiger partial charge >= 0.3 is 0 Å². The van der Waals surface area contributed by atoms with Crippen molar-refractivity contribution in [3.8, 4) is 11.5 Å². The van der Waals surface area contributed by atoms with Crippen LogP contribution in [0.3, 0.4) is 0 Å². The molecule has 1 heterocycles. The Morgan fingerprint density at radius 2 is 1.80 bits per heavy atom. The van der Waals surface area contributed by atoms with Crippen molar-refractivity contribution in [2.75, 3.05) is 13.6 Å². The Balaban J connectivity index is 1.66. The van der Waals surface area contributed by atoms with Crippen LogP contribution in [-0.4, -0.2) is 32.9 Å². The van der Waals surface area contributed by atoms with Crippen molar-refractivity contribution >= 4 is 15.9 Å². The zero-order valence-corrected chi connectivity index (χ0v) is 18.3. The van der Waals surface area contributed by atoms with E-state index in [1.807, 2.05) is 31.2 Å². The number of benzene rings is 2. The minimum atomic E-state index is -3.65. The van der Waals surface area contributed by atoms with Gasteiger partial charge in [-0.3, -0.25) is 4.79 Å². The molecule has 1 amide bonds. The highest BCUT2D eigenvalue weighted by Crippen LogP contribution is 2.21. The summed E-state index contributed by atoms with van der Waals surface area (Å²) in [7, 11) is -2.30. The number of nitrogens with zero attached hydrogens (tertiary/aromatic N) is 1. The summed E-state index contributed by atoms with van der Waals surface area (Å²) in [5, 5.41) is 2.81. The number of amides is 1. The molecular formula is C22H25N3O4S. The Morgan fingerprint density at radius 3 is 2.47 bits per heavy atom. The van der Waals surface area contributed by atoms with Gasteiger partial charge in [0.2, 0.25) is 15.9 Å². The second-order valence-electron chi connectivity index (χ2n) is 7.14. The number of oxazole rings is 1. The number of aryl methyl sites for hydroxylation is 2. The molecule has 0 bridgehead atoms. The third-order valence-electron chi connectivity index (χ3n) is 4.96. The first-order valence-corrected chi connectivity index (χ1v) is 11.0. The van der Waals surface area contributed by atoms with Crippen LogP contribution in [0, 0.1) is 20.8 Å². The summed E-state index contributed by atoms with van der Waals surface area (Å²) in [6, 6.07) is 11.0. The van der Waals surface area contributed by atoms with Gasteiger partial charge in [-0.15, -0.1) is 0 Å². The number of carbonyl (C=O) groups is 1. The highest BCUT2D eigenvalue weighted by atomic mass is 32.2. The lowest BCUT2D eigenvalue weighted by atomic mass is 10.1. The topological polar surface area (TPSA) is 101 Å². The van der Waals surface area contributed by atoms with Crippen LogP contribution in [0.4, 0.5) is 0 Å². The number of hydrogen-bond acceptors (Lipinski definition) is 5. The standard InChI is InChI=1S/C22H25N3O4S/c1-14-5-7-17(8-6-14)22-25-19(13-29-22)9-10-24-21(26)18-11-15(2)16(3)20(12-18)30(27,28)23-4/h5-8,11-13,23H,9-10H2,1-4H3,(H,24,26). The molecule has 158 valence electrons. The summed E-state index contributed by atoms with van der Waals surface area (Å²) in [5.41, 5.74) is 4.43. The Morgan fingerprint density at radius 1 is 1.10 bits per heavy atom. The first-order chi connectivity index (χ1) is 14.2. The van der Waals surface area contributed by atoms with Crippen LogP contribution in [0.2, 0.25) is 0 Å². The largest absolute Gasteiger partial charge is 0.444 e. The van der Waals surface area contributed by atoms with Gasteiger partial charge in [0.25, 0.3) is 5.91 Å². The van der Waals surface area contributed by atoms with E-state index in [0.29, 0.717) is 30.0 Å². The number of nitrogens with one attached hydrogen (secondary N) is 2. The van der Waals surface area contributed by atoms with E-state index in [1.54, 1.807) is 26.2 Å². The van der Waals surface area contributed by atoms with E-state index in [-0.39, 0.29) is 10.8 Å². The molecule has 2 aromatic carbocycles. The van der Waals surface area contributed by atoms with Crippen LogP contribution in [0.1, 0.15) is 32.7 Å². The molecule has 0 fully saturated rings. The summed E-state index contributed by atoms with van der Waals surface area (Å²) in [5.74, 6) is 0.195. The van der Waals surface area contributed by atoms with E-state index < -0.39 is 10.0 Å². The zero-order valence-electron chi connectivity index (χ0n) is 17.4. The molecule has 0 unspecified atom stereocenters. The molecule has 3 rings (SSSR count). The Kier molecular flexibility index (Phi) is 6.38. The molecule has 2 N–H and O–H groups in total. The van der Waals surface area contributed by atoms with Crippen molar-refractivity contribution in [3.63, 3.8) is 0 Å². The minimum absolute atomic E-state index is 0.106. The van der Waals surface area contributed by atoms with E-state index >= 15 is 0 Å². The molecular weight excluding hydrogens is 402 g/mol. The predicted octanol–water partition coefficient (Wildman–Crippen LogP) is 3.15. The molecule has 0 saturated carbocycles. The molecule has 0 radical (unpaired) electrons. The molecule has 0 aliphatic carbocycles. The van der Waals surface area contributed by atoms with Gasteiger partial charge in [0.15, 0.2) is 0 Å². The molecule has 0 spiro atoms. The average molecular weight is 428 g/mol. The number of hydrogen-bond donors (Lipinski definition) is 2. The Labute approximate surface area is 176 Å². The van der Waals surface area contributed by atoms with Gasteiger partial charge in [0.05, 0.1) is 10.6 Å². The third-order valence-corrected chi connectivity index (χ3v) is 6.50. The second-order valence-corrected chi connectivity index (χ2v) is 8.99. The van der Waals surface area contributed by atoms with Crippen LogP contribution >= 0.6 is 0 Å². The molecule has 3 aromatic rings. The van der Waals surface area contributed by atoms with Crippen molar-refractivity contribution in [1.29, 1.82) is 0 Å². The van der Waals surface area contributed by atoms with Gasteiger partial charge in [-0.1, -0.05) is 17.7 Å². The molecule has 0 aliphatic heterocycles. The van der Waals surface area contributed by atoms with Crippen LogP contribution in [-0.2, 0) is 16.4 Å². The van der Waals surface area contributed by atoms with Crippen LogP contribution in [0.25, 0.3) is 11.5 Å². The van der Waals surface area contributed by atoms with E-state index in [1.165, 1.54) is 13.1 Å². The average Bonchev–Trinajstić information content (AvgIpc) is 3.19. The second kappa shape index (κ2) is 8.81. The zero-order chi connectivity index (χ0) is 21.9. The fraction of sp³-hybridized carbons (Fsp3) is 0.273. The van der Waals surface area contributed by atoms with Crippen molar-refractivity contribution in [3.05, 3.63) is 70.6 Å². The predicted molar refractivity (Wildman–Crippen MR) is 115 cm³/mol. The summed E-state index contributed by atoms with van der Waals surface area (Å²) in [6.07, 6.45) is 2.07. The van der Waals surface area contributed by atoms with Crippen molar-refractivity contribution in [2.24, 2.45) is 0 Å². The summed E-state index contributed by atoms with van der Waals surface area (Å²) in [6.45, 7) is 5.86. The fourth-order valence-electron chi connectivity index (χ4n) is 3.00. The summed E-state index contributed by atoms with van der Waals surface area (Å²) >= 11 is 0. The van der Waals surface area contributed by atoms with Gasteiger partial charge in [-0.25, -0.2) is 18.1 Å². The smallest absolute Gasteiger partial charge is 0.251 e. The normalized spacial score (nSPS) is 11.5. The number of rotatable bonds is 7. The first-order valence-electron chi connectivity index (χ1n) is 9.55. The fourth-order valence-corrected chi connectivity index (χ4v) is 4.07. The van der Waals surface area contributed by atoms with Gasteiger partial charge in [0, 0.05) is 24.1 Å². The molecule has 0 atom stereocenters. The Hall–Kier alpha value is -2.97. The van der Waals surface area contributed by atoms with Gasteiger partial charge in [-0.05, 0) is 63.2 Å². The maximum Gasteiger partial charge on any atom is 0.251 e. The number of sulfonamides is 1. The molecule has 1 aromatic heterocycles. The van der Waals surface area contributed by atoms with Crippen molar-refractivity contribution < 1.29 is 17.6 Å². The molecule has 7 nitrogen and oxygen atoms in total. The molecule has 0 aliphatic rings. The van der Waals surface area contributed by atoms with Gasteiger partial charge in [0.1, 0.15) is 6.26 Å². The highest BCUT2D eigenvalue weighted by molar-refractivity contribution is 7.89. The maximum atomic E-state index is 12.6. The quantitative estimate of drug-likeness (QED) is 0.603. The van der Waals surface area contributed by atoms with E-state index in [0.717, 1.165) is 22.4 Å².